The molecule has 1 N–H and O–H groups in total. The zero-order valence-electron chi connectivity index (χ0n) is 10.7. The fraction of sp³-hybridized carbons (Fsp3) is 0.833. The molecule has 1 fully saturated rings. The highest BCUT2D eigenvalue weighted by Crippen LogP contribution is 2.16. The molecule has 0 aromatic heterocycles. The Morgan fingerprint density at radius 1 is 1.12 bits per heavy atom. The number of carbonyl (C=O) groups excluding carboxylic acids is 1. The lowest BCUT2D eigenvalue weighted by atomic mass is 10.1. The van der Waals surface area contributed by atoms with Gasteiger partial charge in [0.2, 0.25) is 0 Å². The first-order chi connectivity index (χ1) is 7.52. The lowest BCUT2D eigenvalue weighted by Gasteiger charge is -2.37. The van der Waals surface area contributed by atoms with Crippen molar-refractivity contribution in [1.82, 2.24) is 0 Å². The van der Waals surface area contributed by atoms with E-state index >= 15 is 0 Å². The molecule has 0 unspecified atom stereocenters. The number of hydrogen-bond donors (Lipinski definition) is 1. The summed E-state index contributed by atoms with van der Waals surface area (Å²) in [5.41, 5.74) is 0. The van der Waals surface area contributed by atoms with Crippen LogP contribution >= 0.6 is 0 Å². The first-order valence-electron chi connectivity index (χ1n) is 6.09. The van der Waals surface area contributed by atoms with Crippen LogP contribution in [0.2, 0.25) is 0 Å². The third-order valence-corrected chi connectivity index (χ3v) is 2.80. The number of carboxylic acid groups (broad SMARTS) is 1. The second-order valence-electron chi connectivity index (χ2n) is 4.39. The molecule has 1 aliphatic rings. The van der Waals surface area contributed by atoms with Gasteiger partial charge < -0.3 is 9.59 Å². The molecule has 0 amide bonds. The number of Topliss-reactive ketones (excluding diaryl/α,β-unsaturated/α-hetero) is 1. The highest BCUT2D eigenvalue weighted by atomic mass is 16.4. The van der Waals surface area contributed by atoms with Crippen molar-refractivity contribution in [3.8, 4) is 0 Å². The van der Waals surface area contributed by atoms with Crippen molar-refractivity contribution in [1.29, 1.82) is 0 Å². The summed E-state index contributed by atoms with van der Waals surface area (Å²) in [5, 5.41) is 8.47. The molecular weight excluding hydrogens is 206 g/mol. The molecule has 0 spiro atoms. The number of aliphatic carboxylic acids is 1. The Labute approximate surface area is 97.8 Å². The second kappa shape index (κ2) is 7.39. The van der Waals surface area contributed by atoms with Gasteiger partial charge in [0, 0.05) is 0 Å². The van der Waals surface area contributed by atoms with Gasteiger partial charge in [0.25, 0.3) is 0 Å². The number of rotatable bonds is 4. The van der Waals surface area contributed by atoms with Crippen LogP contribution in [0.1, 0.15) is 39.5 Å². The van der Waals surface area contributed by atoms with Crippen molar-refractivity contribution < 1.29 is 19.2 Å². The van der Waals surface area contributed by atoms with Crippen LogP contribution in [0.3, 0.4) is 0 Å². The third kappa shape index (κ3) is 5.85. The second-order valence-corrected chi connectivity index (χ2v) is 4.39. The molecular formula is C12H24NO3+. The zero-order chi connectivity index (χ0) is 12.6. The summed E-state index contributed by atoms with van der Waals surface area (Å²) in [5.74, 6) is -1.17. The van der Waals surface area contributed by atoms with Crippen molar-refractivity contribution in [3.05, 3.63) is 0 Å². The Hall–Kier alpha value is -0.900. The molecule has 1 rings (SSSR count). The van der Waals surface area contributed by atoms with Crippen LogP contribution in [-0.2, 0) is 9.59 Å². The third-order valence-electron chi connectivity index (χ3n) is 2.80. The normalized spacial score (nSPS) is 18.2. The molecule has 94 valence electrons. The lowest BCUT2D eigenvalue weighted by molar-refractivity contribution is -0.906. The van der Waals surface area contributed by atoms with E-state index in [1.54, 1.807) is 0 Å². The average Bonchev–Trinajstić information content (AvgIpc) is 2.19. The maximum Gasteiger partial charge on any atom is 0.311 e. The van der Waals surface area contributed by atoms with Crippen LogP contribution in [0.5, 0.6) is 0 Å². The molecule has 0 saturated carbocycles. The molecule has 0 aromatic rings. The minimum Gasteiger partial charge on any atom is -0.481 e. The number of likely N-dealkylation sites (N-methyl/N-ethyl adjacent to an activating group) is 1. The minimum atomic E-state index is -1.02. The van der Waals surface area contributed by atoms with Gasteiger partial charge in [-0.1, -0.05) is 13.8 Å². The van der Waals surface area contributed by atoms with Crippen molar-refractivity contribution in [2.75, 3.05) is 26.7 Å². The van der Waals surface area contributed by atoms with E-state index in [4.69, 9.17) is 5.11 Å². The molecule has 0 aliphatic carbocycles. The van der Waals surface area contributed by atoms with E-state index in [1.165, 1.54) is 6.42 Å². The Morgan fingerprint density at radius 3 is 2.06 bits per heavy atom. The lowest BCUT2D eigenvalue weighted by Crippen LogP contribution is -2.51. The number of carboxylic acids is 1. The summed E-state index contributed by atoms with van der Waals surface area (Å²) in [4.78, 5) is 21.7. The van der Waals surface area contributed by atoms with Gasteiger partial charge in [-0.25, -0.2) is 0 Å². The smallest absolute Gasteiger partial charge is 0.311 e. The molecule has 1 saturated heterocycles. The largest absolute Gasteiger partial charge is 0.481 e. The summed E-state index contributed by atoms with van der Waals surface area (Å²) in [6.45, 7) is 6.39. The SMILES string of the molecule is CC.C[N+]1(CC(=O)CC(=O)O)CCCCC1. The number of hydrogen-bond acceptors (Lipinski definition) is 2. The van der Waals surface area contributed by atoms with Crippen molar-refractivity contribution in [3.63, 3.8) is 0 Å². The molecule has 0 atom stereocenters. The van der Waals surface area contributed by atoms with Crippen molar-refractivity contribution in [2.45, 2.75) is 39.5 Å². The number of ketones is 1. The van der Waals surface area contributed by atoms with Crippen LogP contribution < -0.4 is 0 Å². The quantitative estimate of drug-likeness (QED) is 0.590. The van der Waals surface area contributed by atoms with Gasteiger partial charge in [0.1, 0.15) is 13.0 Å². The van der Waals surface area contributed by atoms with Crippen LogP contribution in [-0.4, -0.2) is 48.0 Å². The number of quaternary nitrogens is 1. The zero-order valence-corrected chi connectivity index (χ0v) is 10.7. The maximum atomic E-state index is 11.3. The predicted molar refractivity (Wildman–Crippen MR) is 63.2 cm³/mol. The Kier molecular flexibility index (Phi) is 6.97. The number of carbonyl (C=O) groups is 2. The fourth-order valence-electron chi connectivity index (χ4n) is 2.08. The average molecular weight is 230 g/mol. The first-order valence-corrected chi connectivity index (χ1v) is 6.09. The topological polar surface area (TPSA) is 54.4 Å². The van der Waals surface area contributed by atoms with Crippen LogP contribution in [0, 0.1) is 0 Å². The highest BCUT2D eigenvalue weighted by molar-refractivity contribution is 5.95. The fourth-order valence-corrected chi connectivity index (χ4v) is 2.08. The van der Waals surface area contributed by atoms with E-state index in [9.17, 15) is 9.59 Å². The van der Waals surface area contributed by atoms with Crippen LogP contribution in [0.15, 0.2) is 0 Å². The summed E-state index contributed by atoms with van der Waals surface area (Å²) in [7, 11) is 2.04. The van der Waals surface area contributed by atoms with Crippen molar-refractivity contribution >= 4 is 11.8 Å². The molecule has 0 radical (unpaired) electrons. The maximum absolute atomic E-state index is 11.3. The molecule has 0 bridgehead atoms. The van der Waals surface area contributed by atoms with E-state index in [-0.39, 0.29) is 12.2 Å². The van der Waals surface area contributed by atoms with Gasteiger partial charge in [-0.3, -0.25) is 9.59 Å². The molecule has 4 nitrogen and oxygen atoms in total. The molecule has 0 aromatic carbocycles. The van der Waals surface area contributed by atoms with E-state index in [2.05, 4.69) is 0 Å². The van der Waals surface area contributed by atoms with E-state index in [1.807, 2.05) is 20.9 Å². The van der Waals surface area contributed by atoms with E-state index < -0.39 is 5.97 Å². The van der Waals surface area contributed by atoms with Crippen LogP contribution in [0.4, 0.5) is 0 Å². The predicted octanol–water partition coefficient (Wildman–Crippen LogP) is 1.69. The molecule has 16 heavy (non-hydrogen) atoms. The van der Waals surface area contributed by atoms with E-state index in [0.29, 0.717) is 6.54 Å². The standard InChI is InChI=1S/C10H17NO3.C2H6/c1-11(5-3-2-4-6-11)8-9(12)7-10(13)14;1-2/h2-8H2,1H3;1-2H3/p+1. The minimum absolute atomic E-state index is 0.151. The van der Waals surface area contributed by atoms with Gasteiger partial charge in [-0.05, 0) is 19.3 Å². The van der Waals surface area contributed by atoms with E-state index in [0.717, 1.165) is 30.4 Å². The first kappa shape index (κ1) is 15.1. The molecule has 1 aliphatic heterocycles. The Bertz CT molecular complexity index is 232. The molecule has 1 heterocycles. The summed E-state index contributed by atoms with van der Waals surface area (Å²) >= 11 is 0. The Balaban J connectivity index is 0.00000106. The van der Waals surface area contributed by atoms with Crippen molar-refractivity contribution in [2.24, 2.45) is 0 Å². The van der Waals surface area contributed by atoms with Gasteiger partial charge >= 0.3 is 5.97 Å². The van der Waals surface area contributed by atoms with Gasteiger partial charge in [-0.2, -0.15) is 0 Å². The number of likely N-dealkylation sites (tertiary alicyclic amines) is 1. The van der Waals surface area contributed by atoms with Gasteiger partial charge in [0.05, 0.1) is 20.1 Å². The summed E-state index contributed by atoms with van der Waals surface area (Å²) in [6, 6.07) is 0. The number of piperidine rings is 1. The monoisotopic (exact) mass is 230 g/mol. The molecule has 4 heteroatoms. The van der Waals surface area contributed by atoms with Gasteiger partial charge in [-0.15, -0.1) is 0 Å². The summed E-state index contributed by atoms with van der Waals surface area (Å²) in [6.07, 6.45) is 3.21. The van der Waals surface area contributed by atoms with Crippen LogP contribution in [0.25, 0.3) is 0 Å². The Morgan fingerprint density at radius 2 is 1.62 bits per heavy atom. The number of nitrogens with zero attached hydrogens (tertiary/aromatic N) is 1. The summed E-state index contributed by atoms with van der Waals surface area (Å²) < 4.78 is 0.728. The van der Waals surface area contributed by atoms with Gasteiger partial charge in [0.15, 0.2) is 5.78 Å². The highest BCUT2D eigenvalue weighted by Gasteiger charge is 2.28.